The van der Waals surface area contributed by atoms with Crippen LogP contribution >= 0.6 is 0 Å². The van der Waals surface area contributed by atoms with Crippen LogP contribution in [0.5, 0.6) is 0 Å². The second kappa shape index (κ2) is 10.2. The van der Waals surface area contributed by atoms with Gasteiger partial charge in [-0.1, -0.05) is 24.3 Å². The van der Waals surface area contributed by atoms with Gasteiger partial charge in [0.25, 0.3) is 0 Å². The number of anilines is 1. The molecule has 1 saturated heterocycles. The van der Waals surface area contributed by atoms with E-state index in [1.807, 2.05) is 24.0 Å². The van der Waals surface area contributed by atoms with Gasteiger partial charge in [0.1, 0.15) is 11.6 Å². The van der Waals surface area contributed by atoms with Gasteiger partial charge in [-0.25, -0.2) is 13.8 Å². The minimum Gasteiger partial charge on any atom is -0.380 e. The first kappa shape index (κ1) is 21.0. The van der Waals surface area contributed by atoms with Gasteiger partial charge in [0.05, 0.1) is 18.8 Å². The van der Waals surface area contributed by atoms with Gasteiger partial charge in [-0.3, -0.25) is 0 Å². The monoisotopic (exact) mass is 402 g/mol. The van der Waals surface area contributed by atoms with Crippen LogP contribution in [0.1, 0.15) is 24.5 Å². The molecule has 2 N–H and O–H groups in total. The summed E-state index contributed by atoms with van der Waals surface area (Å²) in [6.45, 7) is 5.28. The molecular formula is C22H28F2N4O. The molecule has 0 radical (unpaired) electrons. The maximum Gasteiger partial charge on any atom is 0.191 e. The predicted octanol–water partition coefficient (Wildman–Crippen LogP) is 3.45. The van der Waals surface area contributed by atoms with E-state index in [1.54, 1.807) is 7.11 Å². The summed E-state index contributed by atoms with van der Waals surface area (Å²) in [4.78, 5) is 6.61. The molecule has 0 amide bonds. The van der Waals surface area contributed by atoms with E-state index in [9.17, 15) is 8.78 Å². The van der Waals surface area contributed by atoms with E-state index in [0.717, 1.165) is 36.1 Å². The van der Waals surface area contributed by atoms with Gasteiger partial charge in [-0.05, 0) is 36.6 Å². The molecule has 2 aromatic carbocycles. The number of aliphatic imine (C=N–C) groups is 1. The van der Waals surface area contributed by atoms with E-state index >= 15 is 0 Å². The van der Waals surface area contributed by atoms with Crippen LogP contribution in [0, 0.1) is 11.6 Å². The second-order valence-electron chi connectivity index (χ2n) is 7.12. The lowest BCUT2D eigenvalue weighted by atomic mass is 10.1. The van der Waals surface area contributed by atoms with Crippen LogP contribution < -0.4 is 15.5 Å². The third-order valence-corrected chi connectivity index (χ3v) is 4.88. The van der Waals surface area contributed by atoms with Crippen LogP contribution in [0.2, 0.25) is 0 Å². The molecule has 0 saturated carbocycles. The summed E-state index contributed by atoms with van der Waals surface area (Å²) >= 11 is 0. The van der Waals surface area contributed by atoms with E-state index in [2.05, 4.69) is 27.8 Å². The third-order valence-electron chi connectivity index (χ3n) is 4.88. The van der Waals surface area contributed by atoms with Crippen LogP contribution in [0.3, 0.4) is 0 Å². The van der Waals surface area contributed by atoms with Crippen molar-refractivity contribution in [2.75, 3.05) is 31.6 Å². The summed E-state index contributed by atoms with van der Waals surface area (Å²) in [5.41, 5.74) is 2.68. The zero-order valence-corrected chi connectivity index (χ0v) is 16.9. The molecule has 1 aliphatic rings. The quantitative estimate of drug-likeness (QED) is 0.550. The number of hydrogen-bond acceptors (Lipinski definition) is 3. The molecule has 5 nitrogen and oxygen atoms in total. The lowest BCUT2D eigenvalue weighted by Crippen LogP contribution is -2.44. The van der Waals surface area contributed by atoms with Crippen LogP contribution in [0.25, 0.3) is 0 Å². The van der Waals surface area contributed by atoms with Gasteiger partial charge in [0.15, 0.2) is 5.96 Å². The van der Waals surface area contributed by atoms with Crippen molar-refractivity contribution >= 4 is 11.6 Å². The van der Waals surface area contributed by atoms with Crippen molar-refractivity contribution < 1.29 is 13.5 Å². The highest BCUT2D eigenvalue weighted by Crippen LogP contribution is 2.24. The Morgan fingerprint density at radius 1 is 1.17 bits per heavy atom. The highest BCUT2D eigenvalue weighted by Gasteiger charge is 2.25. The first-order valence-electron chi connectivity index (χ1n) is 9.90. The van der Waals surface area contributed by atoms with Gasteiger partial charge >= 0.3 is 0 Å². The SMILES string of the molecule is CCNC(=NCc1ccc(COC)cc1)NC1CCN(c2ccc(F)cc2F)C1. The van der Waals surface area contributed by atoms with Crippen LogP contribution in [-0.2, 0) is 17.9 Å². The Morgan fingerprint density at radius 2 is 1.93 bits per heavy atom. The molecular weight excluding hydrogens is 374 g/mol. The van der Waals surface area contributed by atoms with Gasteiger partial charge in [0, 0.05) is 38.9 Å². The molecule has 1 fully saturated rings. The fraction of sp³-hybridized carbons (Fsp3) is 0.409. The Hall–Kier alpha value is -2.67. The third kappa shape index (κ3) is 5.90. The topological polar surface area (TPSA) is 48.9 Å². The molecule has 1 atom stereocenters. The largest absolute Gasteiger partial charge is 0.380 e. The van der Waals surface area contributed by atoms with Crippen molar-refractivity contribution in [2.45, 2.75) is 32.5 Å². The molecule has 0 bridgehead atoms. The first-order chi connectivity index (χ1) is 14.1. The first-order valence-corrected chi connectivity index (χ1v) is 9.90. The van der Waals surface area contributed by atoms with Gasteiger partial charge in [0.2, 0.25) is 0 Å². The second-order valence-corrected chi connectivity index (χ2v) is 7.12. The average molecular weight is 402 g/mol. The lowest BCUT2D eigenvalue weighted by Gasteiger charge is -2.21. The Balaban J connectivity index is 1.59. The van der Waals surface area contributed by atoms with E-state index < -0.39 is 11.6 Å². The fourth-order valence-corrected chi connectivity index (χ4v) is 3.43. The summed E-state index contributed by atoms with van der Waals surface area (Å²) in [6.07, 6.45) is 0.854. The van der Waals surface area contributed by atoms with Gasteiger partial charge in [-0.2, -0.15) is 0 Å². The van der Waals surface area contributed by atoms with Crippen molar-refractivity contribution in [3.8, 4) is 0 Å². The van der Waals surface area contributed by atoms with Crippen molar-refractivity contribution in [1.82, 2.24) is 10.6 Å². The predicted molar refractivity (Wildman–Crippen MR) is 112 cm³/mol. The van der Waals surface area contributed by atoms with Crippen LogP contribution in [-0.4, -0.2) is 38.7 Å². The van der Waals surface area contributed by atoms with Crippen molar-refractivity contribution in [3.05, 3.63) is 65.2 Å². The molecule has 0 aromatic heterocycles. The summed E-state index contributed by atoms with van der Waals surface area (Å²) in [5.74, 6) is -0.347. The highest BCUT2D eigenvalue weighted by atomic mass is 19.1. The number of nitrogens with one attached hydrogen (secondary N) is 2. The zero-order chi connectivity index (χ0) is 20.6. The minimum absolute atomic E-state index is 0.140. The molecule has 7 heteroatoms. The van der Waals surface area contributed by atoms with E-state index in [-0.39, 0.29) is 6.04 Å². The fourth-order valence-electron chi connectivity index (χ4n) is 3.43. The Labute approximate surface area is 170 Å². The standard InChI is InChI=1S/C22H28F2N4O/c1-3-25-22(26-13-16-4-6-17(7-5-16)15-29-2)27-19-10-11-28(14-19)21-9-8-18(23)12-20(21)24/h4-9,12,19H,3,10-11,13-15H2,1-2H3,(H2,25,26,27). The summed E-state index contributed by atoms with van der Waals surface area (Å²) in [7, 11) is 1.68. The zero-order valence-electron chi connectivity index (χ0n) is 16.9. The molecule has 1 aliphatic heterocycles. The Kier molecular flexibility index (Phi) is 7.41. The summed E-state index contributed by atoms with van der Waals surface area (Å²) < 4.78 is 32.3. The Morgan fingerprint density at radius 3 is 2.62 bits per heavy atom. The lowest BCUT2D eigenvalue weighted by molar-refractivity contribution is 0.185. The van der Waals surface area contributed by atoms with E-state index in [4.69, 9.17) is 4.74 Å². The van der Waals surface area contributed by atoms with E-state index in [1.165, 1.54) is 12.1 Å². The smallest absolute Gasteiger partial charge is 0.191 e. The molecule has 1 heterocycles. The number of hydrogen-bond donors (Lipinski definition) is 2. The molecule has 1 unspecified atom stereocenters. The summed E-state index contributed by atoms with van der Waals surface area (Å²) in [6, 6.07) is 12.1. The number of halogens is 2. The van der Waals surface area contributed by atoms with Gasteiger partial charge < -0.3 is 20.3 Å². The molecule has 0 aliphatic carbocycles. The number of rotatable bonds is 7. The molecule has 0 spiro atoms. The molecule has 3 rings (SSSR count). The number of methoxy groups -OCH3 is 1. The number of benzene rings is 2. The molecule has 156 valence electrons. The molecule has 2 aromatic rings. The van der Waals surface area contributed by atoms with Crippen LogP contribution in [0.15, 0.2) is 47.5 Å². The van der Waals surface area contributed by atoms with Crippen molar-refractivity contribution in [3.63, 3.8) is 0 Å². The maximum atomic E-state index is 14.1. The van der Waals surface area contributed by atoms with Crippen LogP contribution in [0.4, 0.5) is 14.5 Å². The number of nitrogens with zero attached hydrogens (tertiary/aromatic N) is 2. The molecule has 29 heavy (non-hydrogen) atoms. The average Bonchev–Trinajstić information content (AvgIpc) is 3.16. The normalized spacial score (nSPS) is 16.9. The van der Waals surface area contributed by atoms with Gasteiger partial charge in [-0.15, -0.1) is 0 Å². The van der Waals surface area contributed by atoms with E-state index in [0.29, 0.717) is 31.9 Å². The number of guanidine groups is 1. The van der Waals surface area contributed by atoms with Crippen molar-refractivity contribution in [2.24, 2.45) is 4.99 Å². The Bertz CT molecular complexity index is 826. The highest BCUT2D eigenvalue weighted by molar-refractivity contribution is 5.80. The maximum absolute atomic E-state index is 14.1. The minimum atomic E-state index is -0.558. The van der Waals surface area contributed by atoms with Crippen molar-refractivity contribution in [1.29, 1.82) is 0 Å². The number of ether oxygens (including phenoxy) is 1. The summed E-state index contributed by atoms with van der Waals surface area (Å²) in [5, 5.41) is 6.69.